The van der Waals surface area contributed by atoms with Crippen LogP contribution in [0.25, 0.3) is 12.2 Å². The molecule has 1 amide bonds. The van der Waals surface area contributed by atoms with E-state index in [1.165, 1.54) is 5.56 Å². The molecule has 1 aliphatic heterocycles. The van der Waals surface area contributed by atoms with Crippen molar-refractivity contribution in [2.75, 3.05) is 31.1 Å². The Hall–Kier alpha value is -3.56. The second-order valence-corrected chi connectivity index (χ2v) is 7.73. The third kappa shape index (κ3) is 4.62. The first kappa shape index (κ1) is 20.7. The number of nitrogens with zero attached hydrogens (tertiary/aromatic N) is 4. The van der Waals surface area contributed by atoms with Crippen molar-refractivity contribution < 1.29 is 9.21 Å². The topological polar surface area (TPSA) is 73.4 Å². The molecule has 6 nitrogen and oxygen atoms in total. The minimum absolute atomic E-state index is 0.0925. The largest absolute Gasteiger partial charge is 0.420 e. The van der Waals surface area contributed by atoms with E-state index in [1.807, 2.05) is 42.2 Å². The number of halogens is 1. The van der Waals surface area contributed by atoms with Crippen molar-refractivity contribution in [3.05, 3.63) is 81.8 Å². The number of anilines is 1. The summed E-state index contributed by atoms with van der Waals surface area (Å²) in [5, 5.41) is 9.94. The monoisotopic (exact) mass is 432 g/mol. The summed E-state index contributed by atoms with van der Waals surface area (Å²) in [5.74, 6) is 0.725. The van der Waals surface area contributed by atoms with Crippen LogP contribution in [0.1, 0.15) is 33.1 Å². The van der Waals surface area contributed by atoms with E-state index in [1.54, 1.807) is 35.2 Å². The molecule has 1 fully saturated rings. The Morgan fingerprint density at radius 2 is 1.81 bits per heavy atom. The van der Waals surface area contributed by atoms with Gasteiger partial charge < -0.3 is 14.2 Å². The van der Waals surface area contributed by atoms with Gasteiger partial charge in [0.05, 0.1) is 10.6 Å². The van der Waals surface area contributed by atoms with E-state index in [-0.39, 0.29) is 11.6 Å². The summed E-state index contributed by atoms with van der Waals surface area (Å²) >= 11 is 6.16. The van der Waals surface area contributed by atoms with Crippen LogP contribution in [0.4, 0.5) is 5.88 Å². The molecule has 0 saturated carbocycles. The summed E-state index contributed by atoms with van der Waals surface area (Å²) in [7, 11) is 0. The molecule has 1 aromatic heterocycles. The highest BCUT2D eigenvalue weighted by Gasteiger charge is 2.27. The van der Waals surface area contributed by atoms with Crippen LogP contribution in [-0.2, 0) is 0 Å². The average Bonchev–Trinajstić information content (AvgIpc) is 3.22. The maximum absolute atomic E-state index is 12.8. The highest BCUT2D eigenvalue weighted by atomic mass is 35.5. The van der Waals surface area contributed by atoms with Crippen LogP contribution >= 0.6 is 11.6 Å². The molecule has 0 atom stereocenters. The summed E-state index contributed by atoms with van der Waals surface area (Å²) in [4.78, 5) is 20.8. The average molecular weight is 433 g/mol. The van der Waals surface area contributed by atoms with Gasteiger partial charge in [0.15, 0.2) is 0 Å². The molecule has 1 saturated heterocycles. The molecule has 0 bridgehead atoms. The SMILES string of the molecule is Cc1ccc(/C=C/c2nc(C#N)c(N3CCN(C(=O)c4ccccc4Cl)CC3)o2)cc1. The number of aryl methyl sites for hydroxylation is 1. The number of hydrogen-bond donors (Lipinski definition) is 0. The summed E-state index contributed by atoms with van der Waals surface area (Å²) in [6.07, 6.45) is 3.66. The third-order valence-corrected chi connectivity index (χ3v) is 5.52. The summed E-state index contributed by atoms with van der Waals surface area (Å²) in [6.45, 7) is 4.13. The van der Waals surface area contributed by atoms with Crippen LogP contribution in [0, 0.1) is 18.3 Å². The van der Waals surface area contributed by atoms with Crippen molar-refractivity contribution >= 4 is 35.5 Å². The predicted octanol–water partition coefficient (Wildman–Crippen LogP) is 4.64. The number of piperazine rings is 1. The fourth-order valence-corrected chi connectivity index (χ4v) is 3.67. The molecule has 0 radical (unpaired) electrons. The van der Waals surface area contributed by atoms with Gasteiger partial charge in [0.2, 0.25) is 17.5 Å². The quantitative estimate of drug-likeness (QED) is 0.600. The third-order valence-electron chi connectivity index (χ3n) is 5.19. The Labute approximate surface area is 186 Å². The molecule has 0 N–H and O–H groups in total. The highest BCUT2D eigenvalue weighted by Crippen LogP contribution is 2.25. The first-order valence-corrected chi connectivity index (χ1v) is 10.4. The van der Waals surface area contributed by atoms with Gasteiger partial charge in [-0.2, -0.15) is 10.2 Å². The highest BCUT2D eigenvalue weighted by molar-refractivity contribution is 6.33. The standard InChI is InChI=1S/C24H21ClN4O2/c1-17-6-8-18(9-7-17)10-11-22-27-21(16-26)24(31-22)29-14-12-28(13-15-29)23(30)19-4-2-3-5-20(19)25/h2-11H,12-15H2,1H3/b11-10+. The number of rotatable bonds is 4. The number of amides is 1. The second kappa shape index (κ2) is 9.07. The van der Waals surface area contributed by atoms with Gasteiger partial charge in [0.1, 0.15) is 6.07 Å². The molecule has 31 heavy (non-hydrogen) atoms. The smallest absolute Gasteiger partial charge is 0.255 e. The molecule has 3 aromatic rings. The Balaban J connectivity index is 1.45. The number of benzene rings is 2. The molecule has 2 heterocycles. The maximum Gasteiger partial charge on any atom is 0.255 e. The summed E-state index contributed by atoms with van der Waals surface area (Å²) in [6, 6.07) is 17.2. The molecule has 2 aromatic carbocycles. The van der Waals surface area contributed by atoms with Gasteiger partial charge in [-0.25, -0.2) is 0 Å². The van der Waals surface area contributed by atoms with Crippen LogP contribution in [0.5, 0.6) is 0 Å². The second-order valence-electron chi connectivity index (χ2n) is 7.32. The lowest BCUT2D eigenvalue weighted by Crippen LogP contribution is -2.49. The number of nitriles is 1. The lowest BCUT2D eigenvalue weighted by Gasteiger charge is -2.34. The Morgan fingerprint density at radius 3 is 2.48 bits per heavy atom. The normalized spacial score (nSPS) is 14.1. The van der Waals surface area contributed by atoms with Crippen LogP contribution < -0.4 is 4.90 Å². The fraction of sp³-hybridized carbons (Fsp3) is 0.208. The molecule has 4 rings (SSSR count). The molecular formula is C24H21ClN4O2. The fourth-order valence-electron chi connectivity index (χ4n) is 3.45. The Kier molecular flexibility index (Phi) is 6.06. The van der Waals surface area contributed by atoms with Crippen LogP contribution in [-0.4, -0.2) is 42.0 Å². The van der Waals surface area contributed by atoms with Crippen molar-refractivity contribution in [3.8, 4) is 6.07 Å². The van der Waals surface area contributed by atoms with Crippen LogP contribution in [0.3, 0.4) is 0 Å². The lowest BCUT2D eigenvalue weighted by atomic mass is 10.1. The Bertz CT molecular complexity index is 1150. The minimum Gasteiger partial charge on any atom is -0.420 e. The number of carbonyl (C=O) groups is 1. The first-order valence-electron chi connectivity index (χ1n) is 9.99. The van der Waals surface area contributed by atoms with Gasteiger partial charge in [0, 0.05) is 32.3 Å². The molecular weight excluding hydrogens is 412 g/mol. The van der Waals surface area contributed by atoms with Gasteiger partial charge in [-0.3, -0.25) is 4.79 Å². The Morgan fingerprint density at radius 1 is 1.10 bits per heavy atom. The maximum atomic E-state index is 12.8. The number of carbonyl (C=O) groups excluding carboxylic acids is 1. The van der Waals surface area contributed by atoms with E-state index in [4.69, 9.17) is 16.0 Å². The molecule has 0 aliphatic carbocycles. The zero-order chi connectivity index (χ0) is 21.8. The van der Waals surface area contributed by atoms with Crippen molar-refractivity contribution in [2.45, 2.75) is 6.92 Å². The van der Waals surface area contributed by atoms with Gasteiger partial charge in [-0.15, -0.1) is 0 Å². The van der Waals surface area contributed by atoms with Crippen LogP contribution in [0.2, 0.25) is 5.02 Å². The van der Waals surface area contributed by atoms with Gasteiger partial charge in [-0.1, -0.05) is 53.6 Å². The molecule has 7 heteroatoms. The van der Waals surface area contributed by atoms with Crippen molar-refractivity contribution in [1.82, 2.24) is 9.88 Å². The van der Waals surface area contributed by atoms with Crippen molar-refractivity contribution in [3.63, 3.8) is 0 Å². The minimum atomic E-state index is -0.0925. The lowest BCUT2D eigenvalue weighted by molar-refractivity contribution is 0.0745. The van der Waals surface area contributed by atoms with E-state index >= 15 is 0 Å². The van der Waals surface area contributed by atoms with Crippen LogP contribution in [0.15, 0.2) is 52.9 Å². The zero-order valence-electron chi connectivity index (χ0n) is 17.1. The van der Waals surface area contributed by atoms with E-state index in [2.05, 4.69) is 11.1 Å². The number of hydrogen-bond acceptors (Lipinski definition) is 5. The van der Waals surface area contributed by atoms with Crippen molar-refractivity contribution in [1.29, 1.82) is 5.26 Å². The van der Waals surface area contributed by atoms with E-state index in [9.17, 15) is 10.1 Å². The van der Waals surface area contributed by atoms with E-state index < -0.39 is 0 Å². The zero-order valence-corrected chi connectivity index (χ0v) is 17.8. The van der Waals surface area contributed by atoms with E-state index in [0.29, 0.717) is 48.5 Å². The van der Waals surface area contributed by atoms with E-state index in [0.717, 1.165) is 5.56 Å². The molecule has 0 unspecified atom stereocenters. The summed E-state index contributed by atoms with van der Waals surface area (Å²) < 4.78 is 5.87. The first-order chi connectivity index (χ1) is 15.0. The number of aromatic nitrogens is 1. The molecule has 1 aliphatic rings. The summed E-state index contributed by atoms with van der Waals surface area (Å²) in [5.41, 5.74) is 2.96. The van der Waals surface area contributed by atoms with Gasteiger partial charge in [0.25, 0.3) is 5.91 Å². The van der Waals surface area contributed by atoms with Gasteiger partial charge in [-0.05, 0) is 30.7 Å². The number of oxazole rings is 1. The molecule has 156 valence electrons. The van der Waals surface area contributed by atoms with Crippen molar-refractivity contribution in [2.24, 2.45) is 0 Å². The molecule has 0 spiro atoms. The predicted molar refractivity (Wildman–Crippen MR) is 121 cm³/mol. The van der Waals surface area contributed by atoms with Gasteiger partial charge >= 0.3 is 0 Å².